The second-order valence-electron chi connectivity index (χ2n) is 6.87. The lowest BCUT2D eigenvalue weighted by Gasteiger charge is -2.25. The molecule has 1 saturated heterocycles. The van der Waals surface area contributed by atoms with Crippen molar-refractivity contribution in [1.82, 2.24) is 4.90 Å². The fraction of sp³-hybridized carbons (Fsp3) is 0.318. The largest absolute Gasteiger partial charge is 0.370 e. The van der Waals surface area contributed by atoms with Crippen molar-refractivity contribution < 1.29 is 14.4 Å². The molecule has 0 spiro atoms. The number of carbonyl (C=O) groups excluding carboxylic acids is 3. The maximum absolute atomic E-state index is 12.1. The van der Waals surface area contributed by atoms with E-state index >= 15 is 0 Å². The summed E-state index contributed by atoms with van der Waals surface area (Å²) in [5.41, 5.74) is 7.07. The molecule has 1 amide bonds. The van der Waals surface area contributed by atoms with E-state index in [1.54, 1.807) is 48.5 Å². The van der Waals surface area contributed by atoms with E-state index in [2.05, 4.69) is 4.90 Å². The number of nitrogens with two attached hydrogens (primary N) is 1. The van der Waals surface area contributed by atoms with E-state index in [1.165, 1.54) is 19.3 Å². The minimum Gasteiger partial charge on any atom is -0.370 e. The van der Waals surface area contributed by atoms with Gasteiger partial charge < -0.3 is 10.6 Å². The fourth-order valence-electron chi connectivity index (χ4n) is 3.50. The molecule has 0 radical (unpaired) electrons. The van der Waals surface area contributed by atoms with Crippen molar-refractivity contribution >= 4 is 17.5 Å². The van der Waals surface area contributed by atoms with Gasteiger partial charge in [-0.3, -0.25) is 14.4 Å². The number of primary amides is 1. The number of amides is 1. The fourth-order valence-corrected chi connectivity index (χ4v) is 3.50. The van der Waals surface area contributed by atoms with Gasteiger partial charge in [-0.2, -0.15) is 0 Å². The number of hydrogen-bond acceptors (Lipinski definition) is 4. The van der Waals surface area contributed by atoms with Crippen LogP contribution in [0, 0.1) is 0 Å². The molecule has 1 aliphatic heterocycles. The van der Waals surface area contributed by atoms with Gasteiger partial charge in [0.05, 0.1) is 0 Å². The summed E-state index contributed by atoms with van der Waals surface area (Å²) in [6.07, 6.45) is 4.41. The summed E-state index contributed by atoms with van der Waals surface area (Å²) in [6.45, 7) is 3.15. The number of nitrogens with zero attached hydrogens (tertiary/aromatic N) is 1. The van der Waals surface area contributed by atoms with E-state index in [1.807, 2.05) is 0 Å². The topological polar surface area (TPSA) is 80.5 Å². The quantitative estimate of drug-likeness (QED) is 0.775. The van der Waals surface area contributed by atoms with Gasteiger partial charge >= 0.3 is 0 Å². The van der Waals surface area contributed by atoms with Crippen LogP contribution >= 0.6 is 0 Å². The maximum atomic E-state index is 12.1. The number of rotatable bonds is 3. The lowest BCUT2D eigenvalue weighted by molar-refractivity contribution is -0.118. The van der Waals surface area contributed by atoms with Crippen LogP contribution in [0.2, 0.25) is 0 Å². The molecular formula is C22H24N2O3. The molecule has 0 bridgehead atoms. The molecule has 0 saturated carbocycles. The molecule has 4 rings (SSSR count). The summed E-state index contributed by atoms with van der Waals surface area (Å²) < 4.78 is 0. The predicted octanol–water partition coefficient (Wildman–Crippen LogP) is 2.81. The number of benzene rings is 2. The van der Waals surface area contributed by atoms with Gasteiger partial charge in [-0.05, 0) is 25.9 Å². The molecule has 5 heteroatoms. The van der Waals surface area contributed by atoms with Crippen molar-refractivity contribution in [2.75, 3.05) is 19.6 Å². The number of likely N-dealkylation sites (tertiary alicyclic amines) is 1. The Morgan fingerprint density at radius 3 is 1.56 bits per heavy atom. The lowest BCUT2D eigenvalue weighted by atomic mass is 9.84. The van der Waals surface area contributed by atoms with Gasteiger partial charge in [0.2, 0.25) is 5.91 Å². The summed E-state index contributed by atoms with van der Waals surface area (Å²) in [5, 5.41) is 0. The Bertz CT molecular complexity index is 749. The molecule has 27 heavy (non-hydrogen) atoms. The number of carbonyl (C=O) groups is 3. The van der Waals surface area contributed by atoms with Gasteiger partial charge in [0, 0.05) is 35.2 Å². The molecule has 140 valence electrons. The van der Waals surface area contributed by atoms with E-state index in [-0.39, 0.29) is 17.5 Å². The maximum Gasteiger partial charge on any atom is 0.218 e. The Kier molecular flexibility index (Phi) is 6.14. The molecular weight excluding hydrogens is 340 g/mol. The normalized spacial score (nSPS) is 16.0. The van der Waals surface area contributed by atoms with Crippen LogP contribution in [0.5, 0.6) is 0 Å². The number of piperidine rings is 1. The highest BCUT2D eigenvalue weighted by Gasteiger charge is 2.28. The van der Waals surface area contributed by atoms with E-state index in [9.17, 15) is 14.4 Å². The molecule has 2 aromatic carbocycles. The van der Waals surface area contributed by atoms with Gasteiger partial charge in [-0.15, -0.1) is 0 Å². The van der Waals surface area contributed by atoms with E-state index in [0.717, 1.165) is 19.6 Å². The summed E-state index contributed by atoms with van der Waals surface area (Å²) in [4.78, 5) is 37.0. The van der Waals surface area contributed by atoms with Crippen LogP contribution in [0.25, 0.3) is 0 Å². The first-order valence-electron chi connectivity index (χ1n) is 9.36. The standard InChI is InChI=1S/C14H8O2.C8H16N2O/c15-13-9-5-1-2-6-10(9)14(16)12-8-4-3-7-11(12)13;9-8(11)4-7-10-5-2-1-3-6-10/h1-8H;1-7H2,(H2,9,11). The molecule has 1 heterocycles. The van der Waals surface area contributed by atoms with E-state index in [4.69, 9.17) is 5.73 Å². The zero-order valence-electron chi connectivity index (χ0n) is 15.3. The third-order valence-corrected chi connectivity index (χ3v) is 4.96. The lowest BCUT2D eigenvalue weighted by Crippen LogP contribution is -2.32. The zero-order chi connectivity index (χ0) is 19.2. The molecule has 1 fully saturated rings. The summed E-state index contributed by atoms with van der Waals surface area (Å²) in [5.74, 6) is -0.313. The van der Waals surface area contributed by atoms with Gasteiger partial charge in [0.25, 0.3) is 0 Å². The van der Waals surface area contributed by atoms with Crippen LogP contribution in [-0.4, -0.2) is 42.0 Å². The van der Waals surface area contributed by atoms with Gasteiger partial charge in [-0.1, -0.05) is 55.0 Å². The molecule has 0 atom stereocenters. The Hall–Kier alpha value is -2.79. The highest BCUT2D eigenvalue weighted by atomic mass is 16.1. The van der Waals surface area contributed by atoms with Crippen molar-refractivity contribution in [3.63, 3.8) is 0 Å². The van der Waals surface area contributed by atoms with Crippen molar-refractivity contribution in [3.05, 3.63) is 70.8 Å². The number of fused-ring (bicyclic) bond motifs is 2. The summed E-state index contributed by atoms with van der Waals surface area (Å²) in [6, 6.07) is 13.9. The number of hydrogen-bond donors (Lipinski definition) is 1. The van der Waals surface area contributed by atoms with Gasteiger partial charge in [0.15, 0.2) is 11.6 Å². The first-order chi connectivity index (χ1) is 13.1. The monoisotopic (exact) mass is 364 g/mol. The molecule has 2 aliphatic rings. The third-order valence-electron chi connectivity index (χ3n) is 4.96. The van der Waals surface area contributed by atoms with Gasteiger partial charge in [0.1, 0.15) is 0 Å². The molecule has 0 aromatic heterocycles. The molecule has 5 nitrogen and oxygen atoms in total. The minimum atomic E-state index is -0.185. The smallest absolute Gasteiger partial charge is 0.218 e. The highest BCUT2D eigenvalue weighted by Crippen LogP contribution is 2.26. The summed E-state index contributed by atoms with van der Waals surface area (Å²) in [7, 11) is 0. The van der Waals surface area contributed by atoms with E-state index in [0.29, 0.717) is 28.7 Å². The van der Waals surface area contributed by atoms with Crippen LogP contribution in [-0.2, 0) is 4.79 Å². The SMILES string of the molecule is NC(=O)CCN1CCCCC1.O=C1c2ccccc2C(=O)c2ccccc21. The zero-order valence-corrected chi connectivity index (χ0v) is 15.3. The second-order valence-corrected chi connectivity index (χ2v) is 6.87. The average Bonchev–Trinajstić information content (AvgIpc) is 2.72. The molecule has 2 aromatic rings. The Morgan fingerprint density at radius 2 is 1.19 bits per heavy atom. The predicted molar refractivity (Wildman–Crippen MR) is 104 cm³/mol. The van der Waals surface area contributed by atoms with Crippen LogP contribution in [0.3, 0.4) is 0 Å². The first-order valence-corrected chi connectivity index (χ1v) is 9.36. The first kappa shape index (κ1) is 19.0. The van der Waals surface area contributed by atoms with Crippen molar-refractivity contribution in [3.8, 4) is 0 Å². The summed E-state index contributed by atoms with van der Waals surface area (Å²) >= 11 is 0. The van der Waals surface area contributed by atoms with Crippen molar-refractivity contribution in [1.29, 1.82) is 0 Å². The minimum absolute atomic E-state index is 0.0641. The Balaban J connectivity index is 0.000000168. The molecule has 1 aliphatic carbocycles. The molecule has 2 N–H and O–H groups in total. The Labute approximate surface area is 159 Å². The Morgan fingerprint density at radius 1 is 0.778 bits per heavy atom. The van der Waals surface area contributed by atoms with Crippen molar-refractivity contribution in [2.24, 2.45) is 5.73 Å². The second kappa shape index (κ2) is 8.73. The van der Waals surface area contributed by atoms with Crippen LogP contribution in [0.4, 0.5) is 0 Å². The molecule has 0 unspecified atom stereocenters. The number of ketones is 2. The highest BCUT2D eigenvalue weighted by molar-refractivity contribution is 6.28. The van der Waals surface area contributed by atoms with Crippen LogP contribution < -0.4 is 5.73 Å². The third kappa shape index (κ3) is 4.49. The van der Waals surface area contributed by atoms with Crippen LogP contribution in [0.1, 0.15) is 57.5 Å². The van der Waals surface area contributed by atoms with Crippen LogP contribution in [0.15, 0.2) is 48.5 Å². The average molecular weight is 364 g/mol. The van der Waals surface area contributed by atoms with Gasteiger partial charge in [-0.25, -0.2) is 0 Å². The van der Waals surface area contributed by atoms with E-state index < -0.39 is 0 Å². The van der Waals surface area contributed by atoms with Crippen molar-refractivity contribution in [2.45, 2.75) is 25.7 Å².